The summed E-state index contributed by atoms with van der Waals surface area (Å²) in [7, 11) is 0. The molecule has 0 aromatic heterocycles. The second kappa shape index (κ2) is 5.56. The average Bonchev–Trinajstić information content (AvgIpc) is 2.80. The Morgan fingerprint density at radius 3 is 2.82 bits per heavy atom. The van der Waals surface area contributed by atoms with Gasteiger partial charge in [-0.1, -0.05) is 26.2 Å². The average molecular weight is 157 g/mol. The molecule has 0 aromatic rings. The minimum absolute atomic E-state index is 0.543. The second-order valence-electron chi connectivity index (χ2n) is 3.22. The van der Waals surface area contributed by atoms with Crippen LogP contribution in [0, 0.1) is 0 Å². The lowest BCUT2D eigenvalue weighted by atomic mass is 10.2. The monoisotopic (exact) mass is 157 g/mol. The Bertz CT molecular complexity index is 91.6. The molecule has 0 spiro atoms. The number of hydrogen-bond acceptors (Lipinski definition) is 2. The van der Waals surface area contributed by atoms with Gasteiger partial charge in [-0.2, -0.15) is 0 Å². The highest BCUT2D eigenvalue weighted by Crippen LogP contribution is 2.06. The molecule has 2 heteroatoms. The van der Waals surface area contributed by atoms with Crippen LogP contribution < -0.4 is 5.32 Å². The molecule has 0 aliphatic carbocycles. The van der Waals surface area contributed by atoms with Crippen molar-refractivity contribution >= 4 is 0 Å². The molecule has 1 atom stereocenters. The maximum atomic E-state index is 5.07. The van der Waals surface area contributed by atoms with Gasteiger partial charge in [0.15, 0.2) is 0 Å². The van der Waals surface area contributed by atoms with Gasteiger partial charge in [-0.05, 0) is 13.0 Å². The first-order chi connectivity index (χ1) is 5.43. The quantitative estimate of drug-likeness (QED) is 0.448. The summed E-state index contributed by atoms with van der Waals surface area (Å²) in [6.07, 6.45) is 5.93. The van der Waals surface area contributed by atoms with Crippen molar-refractivity contribution in [3.63, 3.8) is 0 Å². The van der Waals surface area contributed by atoms with Crippen molar-refractivity contribution in [2.24, 2.45) is 0 Å². The molecule has 66 valence electrons. The molecule has 1 saturated heterocycles. The van der Waals surface area contributed by atoms with Gasteiger partial charge in [0.25, 0.3) is 0 Å². The fourth-order valence-electron chi connectivity index (χ4n) is 1.13. The van der Waals surface area contributed by atoms with Gasteiger partial charge in [-0.3, -0.25) is 0 Å². The van der Waals surface area contributed by atoms with Gasteiger partial charge in [0, 0.05) is 6.54 Å². The van der Waals surface area contributed by atoms with Crippen LogP contribution in [0.4, 0.5) is 0 Å². The zero-order valence-corrected chi connectivity index (χ0v) is 7.44. The molecule has 1 rings (SSSR count). The van der Waals surface area contributed by atoms with Gasteiger partial charge >= 0.3 is 0 Å². The summed E-state index contributed by atoms with van der Waals surface area (Å²) < 4.78 is 5.07. The van der Waals surface area contributed by atoms with Crippen molar-refractivity contribution in [3.8, 4) is 0 Å². The first-order valence-electron chi connectivity index (χ1n) is 4.76. The van der Waals surface area contributed by atoms with Crippen molar-refractivity contribution in [2.45, 2.75) is 38.7 Å². The maximum absolute atomic E-state index is 5.07. The van der Waals surface area contributed by atoms with E-state index in [9.17, 15) is 0 Å². The summed E-state index contributed by atoms with van der Waals surface area (Å²) in [6, 6.07) is 0. The smallest absolute Gasteiger partial charge is 0.0933 e. The zero-order chi connectivity index (χ0) is 7.94. The van der Waals surface area contributed by atoms with E-state index in [0.29, 0.717) is 6.10 Å². The molecule has 0 bridgehead atoms. The number of unbranched alkanes of at least 4 members (excludes halogenated alkanes) is 3. The van der Waals surface area contributed by atoms with Crippen molar-refractivity contribution in [1.29, 1.82) is 0 Å². The molecule has 1 N–H and O–H groups in total. The highest BCUT2D eigenvalue weighted by molar-refractivity contribution is 4.71. The summed E-state index contributed by atoms with van der Waals surface area (Å²) in [4.78, 5) is 0. The molecule has 0 amide bonds. The van der Waals surface area contributed by atoms with E-state index in [4.69, 9.17) is 4.74 Å². The van der Waals surface area contributed by atoms with Crippen molar-refractivity contribution in [3.05, 3.63) is 0 Å². The molecule has 1 aliphatic rings. The molecule has 0 aromatic carbocycles. The molecule has 1 heterocycles. The number of hydrogen-bond donors (Lipinski definition) is 1. The summed E-state index contributed by atoms with van der Waals surface area (Å²) in [5.41, 5.74) is 0. The molecule has 0 saturated carbocycles. The van der Waals surface area contributed by atoms with Crippen LogP contribution in [-0.2, 0) is 4.74 Å². The SMILES string of the molecule is CCCCCCNCC1CO1. The lowest BCUT2D eigenvalue weighted by Crippen LogP contribution is -2.20. The summed E-state index contributed by atoms with van der Waals surface area (Å²) in [5, 5.41) is 3.38. The van der Waals surface area contributed by atoms with E-state index in [2.05, 4.69) is 12.2 Å². The van der Waals surface area contributed by atoms with Gasteiger partial charge in [-0.25, -0.2) is 0 Å². The molecule has 0 radical (unpaired) electrons. The van der Waals surface area contributed by atoms with Gasteiger partial charge in [0.2, 0.25) is 0 Å². The number of ether oxygens (including phenoxy) is 1. The molecule has 2 nitrogen and oxygen atoms in total. The van der Waals surface area contributed by atoms with E-state index >= 15 is 0 Å². The normalized spacial score (nSPS) is 22.1. The summed E-state index contributed by atoms with van der Waals surface area (Å²) in [6.45, 7) is 5.44. The summed E-state index contributed by atoms with van der Waals surface area (Å²) >= 11 is 0. The minimum Gasteiger partial charge on any atom is -0.372 e. The van der Waals surface area contributed by atoms with Gasteiger partial charge in [0.1, 0.15) is 0 Å². The predicted octanol–water partition coefficient (Wildman–Crippen LogP) is 1.56. The summed E-state index contributed by atoms with van der Waals surface area (Å²) in [5.74, 6) is 0. The molecular formula is C9H19NO. The minimum atomic E-state index is 0.543. The van der Waals surface area contributed by atoms with E-state index in [1.165, 1.54) is 32.2 Å². The van der Waals surface area contributed by atoms with E-state index in [1.54, 1.807) is 0 Å². The van der Waals surface area contributed by atoms with Crippen LogP contribution in [0.1, 0.15) is 32.6 Å². The van der Waals surface area contributed by atoms with Crippen LogP contribution in [0.3, 0.4) is 0 Å². The molecule has 11 heavy (non-hydrogen) atoms. The van der Waals surface area contributed by atoms with E-state index in [-0.39, 0.29) is 0 Å². The van der Waals surface area contributed by atoms with Gasteiger partial charge in [0.05, 0.1) is 12.7 Å². The Morgan fingerprint density at radius 2 is 2.18 bits per heavy atom. The van der Waals surface area contributed by atoms with Crippen LogP contribution in [0.5, 0.6) is 0 Å². The first kappa shape index (κ1) is 9.01. The van der Waals surface area contributed by atoms with Crippen molar-refractivity contribution in [2.75, 3.05) is 19.7 Å². The Labute approximate surface area is 69.3 Å². The highest BCUT2D eigenvalue weighted by Gasteiger charge is 2.20. The van der Waals surface area contributed by atoms with Gasteiger partial charge in [-0.15, -0.1) is 0 Å². The highest BCUT2D eigenvalue weighted by atomic mass is 16.6. The van der Waals surface area contributed by atoms with E-state index < -0.39 is 0 Å². The largest absolute Gasteiger partial charge is 0.372 e. The standard InChI is InChI=1S/C9H19NO/c1-2-3-4-5-6-10-7-9-8-11-9/h9-10H,2-8H2,1H3. The topological polar surface area (TPSA) is 24.6 Å². The third-order valence-electron chi connectivity index (χ3n) is 1.98. The third-order valence-corrected chi connectivity index (χ3v) is 1.98. The van der Waals surface area contributed by atoms with Crippen LogP contribution in [-0.4, -0.2) is 25.8 Å². The van der Waals surface area contributed by atoms with Crippen LogP contribution in [0.2, 0.25) is 0 Å². The van der Waals surface area contributed by atoms with Crippen molar-refractivity contribution in [1.82, 2.24) is 5.32 Å². The fraction of sp³-hybridized carbons (Fsp3) is 1.00. The first-order valence-corrected chi connectivity index (χ1v) is 4.76. The lowest BCUT2D eigenvalue weighted by molar-refractivity contribution is 0.395. The Hall–Kier alpha value is -0.0800. The fourth-order valence-corrected chi connectivity index (χ4v) is 1.13. The Morgan fingerprint density at radius 1 is 1.36 bits per heavy atom. The zero-order valence-electron chi connectivity index (χ0n) is 7.44. The maximum Gasteiger partial charge on any atom is 0.0933 e. The Kier molecular flexibility index (Phi) is 4.55. The number of epoxide rings is 1. The Balaban J connectivity index is 1.66. The molecule has 1 unspecified atom stereocenters. The van der Waals surface area contributed by atoms with E-state index in [1.807, 2.05) is 0 Å². The second-order valence-corrected chi connectivity index (χ2v) is 3.22. The van der Waals surface area contributed by atoms with Gasteiger partial charge < -0.3 is 10.1 Å². The predicted molar refractivity (Wildman–Crippen MR) is 46.8 cm³/mol. The van der Waals surface area contributed by atoms with Crippen molar-refractivity contribution < 1.29 is 4.74 Å². The van der Waals surface area contributed by atoms with Crippen LogP contribution in [0.15, 0.2) is 0 Å². The number of rotatable bonds is 7. The van der Waals surface area contributed by atoms with Crippen LogP contribution >= 0.6 is 0 Å². The van der Waals surface area contributed by atoms with E-state index in [0.717, 1.165) is 13.2 Å². The third kappa shape index (κ3) is 5.22. The van der Waals surface area contributed by atoms with Crippen LogP contribution in [0.25, 0.3) is 0 Å². The molecule has 1 fully saturated rings. The number of nitrogens with one attached hydrogen (secondary N) is 1. The molecular weight excluding hydrogens is 138 g/mol. The molecule has 1 aliphatic heterocycles. The lowest BCUT2D eigenvalue weighted by Gasteiger charge is -2.00.